The van der Waals surface area contributed by atoms with Crippen LogP contribution in [0.1, 0.15) is 18.9 Å². The minimum atomic E-state index is 0.258. The first-order valence-corrected chi connectivity index (χ1v) is 6.39. The van der Waals surface area contributed by atoms with E-state index in [9.17, 15) is 0 Å². The average Bonchev–Trinajstić information content (AvgIpc) is 2.33. The molecule has 2 atom stereocenters. The zero-order valence-corrected chi connectivity index (χ0v) is 10.7. The van der Waals surface area contributed by atoms with Crippen LogP contribution in [0.4, 0.5) is 5.69 Å². The van der Waals surface area contributed by atoms with Crippen molar-refractivity contribution in [1.29, 1.82) is 0 Å². The predicted octanol–water partition coefficient (Wildman–Crippen LogP) is 1.54. The fourth-order valence-electron chi connectivity index (χ4n) is 2.50. The van der Waals surface area contributed by atoms with Gasteiger partial charge in [0.1, 0.15) is 0 Å². The van der Waals surface area contributed by atoms with E-state index in [-0.39, 0.29) is 6.61 Å². The molecule has 17 heavy (non-hydrogen) atoms. The molecule has 2 rings (SSSR count). The Kier molecular flexibility index (Phi) is 4.02. The molecule has 1 aliphatic heterocycles. The first kappa shape index (κ1) is 12.4. The number of nitrogens with zero attached hydrogens (tertiary/aromatic N) is 1. The molecule has 0 spiro atoms. The van der Waals surface area contributed by atoms with Crippen LogP contribution in [-0.4, -0.2) is 36.9 Å². The van der Waals surface area contributed by atoms with E-state index in [2.05, 4.69) is 48.3 Å². The molecule has 1 saturated heterocycles. The first-order chi connectivity index (χ1) is 8.22. The topological polar surface area (TPSA) is 35.5 Å². The summed E-state index contributed by atoms with van der Waals surface area (Å²) in [5.41, 5.74) is 2.65. The molecule has 0 aromatic heterocycles. The van der Waals surface area contributed by atoms with E-state index in [4.69, 9.17) is 5.11 Å². The third-order valence-corrected chi connectivity index (χ3v) is 3.55. The lowest BCUT2D eigenvalue weighted by molar-refractivity contribution is 0.254. The predicted molar refractivity (Wildman–Crippen MR) is 71.5 cm³/mol. The number of anilines is 1. The number of benzene rings is 1. The lowest BCUT2D eigenvalue weighted by Gasteiger charge is -2.41. The Labute approximate surface area is 103 Å². The van der Waals surface area contributed by atoms with Gasteiger partial charge in [-0.1, -0.05) is 18.2 Å². The molecule has 2 unspecified atom stereocenters. The van der Waals surface area contributed by atoms with E-state index >= 15 is 0 Å². The SMILES string of the molecule is Cc1ccccc1N1CC(CCO)NCC1C. The van der Waals surface area contributed by atoms with Gasteiger partial charge in [-0.25, -0.2) is 0 Å². The summed E-state index contributed by atoms with van der Waals surface area (Å²) >= 11 is 0. The van der Waals surface area contributed by atoms with Crippen molar-refractivity contribution in [2.45, 2.75) is 32.4 Å². The summed E-state index contributed by atoms with van der Waals surface area (Å²) in [6.07, 6.45) is 0.828. The Hall–Kier alpha value is -1.06. The largest absolute Gasteiger partial charge is 0.396 e. The van der Waals surface area contributed by atoms with Crippen LogP contribution in [0.2, 0.25) is 0 Å². The van der Waals surface area contributed by atoms with Gasteiger partial charge in [-0.3, -0.25) is 0 Å². The Morgan fingerprint density at radius 1 is 1.41 bits per heavy atom. The molecule has 94 valence electrons. The summed E-state index contributed by atoms with van der Waals surface area (Å²) in [5, 5.41) is 12.5. The zero-order chi connectivity index (χ0) is 12.3. The maximum Gasteiger partial charge on any atom is 0.0446 e. The van der Waals surface area contributed by atoms with Crippen LogP contribution in [0.15, 0.2) is 24.3 Å². The van der Waals surface area contributed by atoms with Crippen molar-refractivity contribution >= 4 is 5.69 Å². The van der Waals surface area contributed by atoms with E-state index in [1.54, 1.807) is 0 Å². The summed E-state index contributed by atoms with van der Waals surface area (Å²) in [6, 6.07) is 9.43. The van der Waals surface area contributed by atoms with Crippen molar-refractivity contribution in [1.82, 2.24) is 5.32 Å². The van der Waals surface area contributed by atoms with Crippen LogP contribution in [0.5, 0.6) is 0 Å². The summed E-state index contributed by atoms with van der Waals surface area (Å²) in [4.78, 5) is 2.45. The lowest BCUT2D eigenvalue weighted by atomic mass is 10.0. The van der Waals surface area contributed by atoms with E-state index in [0.29, 0.717) is 12.1 Å². The van der Waals surface area contributed by atoms with Gasteiger partial charge in [0.25, 0.3) is 0 Å². The second-order valence-electron chi connectivity index (χ2n) is 4.91. The monoisotopic (exact) mass is 234 g/mol. The third-order valence-electron chi connectivity index (χ3n) is 3.55. The molecule has 3 heteroatoms. The highest BCUT2D eigenvalue weighted by atomic mass is 16.3. The second kappa shape index (κ2) is 5.52. The molecule has 1 heterocycles. The van der Waals surface area contributed by atoms with Crippen molar-refractivity contribution in [3.05, 3.63) is 29.8 Å². The van der Waals surface area contributed by atoms with E-state index < -0.39 is 0 Å². The molecule has 0 saturated carbocycles. The second-order valence-corrected chi connectivity index (χ2v) is 4.91. The van der Waals surface area contributed by atoms with Gasteiger partial charge in [-0.2, -0.15) is 0 Å². The number of hydrogen-bond donors (Lipinski definition) is 2. The molecule has 0 radical (unpaired) electrons. The van der Waals surface area contributed by atoms with Crippen LogP contribution in [0.25, 0.3) is 0 Å². The van der Waals surface area contributed by atoms with Gasteiger partial charge in [0.15, 0.2) is 0 Å². The van der Waals surface area contributed by atoms with Gasteiger partial charge in [0.05, 0.1) is 0 Å². The lowest BCUT2D eigenvalue weighted by Crippen LogP contribution is -2.56. The van der Waals surface area contributed by atoms with Crippen LogP contribution >= 0.6 is 0 Å². The van der Waals surface area contributed by atoms with Crippen LogP contribution in [-0.2, 0) is 0 Å². The fourth-order valence-corrected chi connectivity index (χ4v) is 2.50. The zero-order valence-electron chi connectivity index (χ0n) is 10.7. The number of para-hydroxylation sites is 1. The Morgan fingerprint density at radius 3 is 2.88 bits per heavy atom. The summed E-state index contributed by atoms with van der Waals surface area (Å²) < 4.78 is 0. The van der Waals surface area contributed by atoms with E-state index in [0.717, 1.165) is 19.5 Å². The van der Waals surface area contributed by atoms with Gasteiger partial charge in [-0.15, -0.1) is 0 Å². The van der Waals surface area contributed by atoms with Crippen molar-refractivity contribution in [2.75, 3.05) is 24.6 Å². The average molecular weight is 234 g/mol. The quantitative estimate of drug-likeness (QED) is 0.833. The Morgan fingerprint density at radius 2 is 2.18 bits per heavy atom. The normalized spacial score (nSPS) is 25.0. The minimum Gasteiger partial charge on any atom is -0.396 e. The molecular formula is C14H22N2O. The smallest absolute Gasteiger partial charge is 0.0446 e. The summed E-state index contributed by atoms with van der Waals surface area (Å²) in [7, 11) is 0. The van der Waals surface area contributed by atoms with E-state index in [1.807, 2.05) is 0 Å². The Balaban J connectivity index is 2.15. The van der Waals surface area contributed by atoms with Gasteiger partial charge in [-0.05, 0) is 31.9 Å². The van der Waals surface area contributed by atoms with Crippen molar-refractivity contribution in [3.8, 4) is 0 Å². The van der Waals surface area contributed by atoms with Gasteiger partial charge in [0, 0.05) is 37.5 Å². The Bertz CT molecular complexity index is 367. The standard InChI is InChI=1S/C14H22N2O/c1-11-5-3-4-6-14(11)16-10-13(7-8-17)15-9-12(16)2/h3-6,12-13,15,17H,7-10H2,1-2H3. The highest BCUT2D eigenvalue weighted by molar-refractivity contribution is 5.54. The summed E-state index contributed by atoms with van der Waals surface area (Å²) in [6.45, 7) is 6.62. The van der Waals surface area contributed by atoms with Gasteiger partial charge < -0.3 is 15.3 Å². The molecule has 0 bridgehead atoms. The maximum absolute atomic E-state index is 9.04. The first-order valence-electron chi connectivity index (χ1n) is 6.39. The van der Waals surface area contributed by atoms with Gasteiger partial charge in [0.2, 0.25) is 0 Å². The third kappa shape index (κ3) is 2.79. The van der Waals surface area contributed by atoms with Crippen LogP contribution in [0.3, 0.4) is 0 Å². The molecule has 0 aliphatic carbocycles. The highest BCUT2D eigenvalue weighted by Gasteiger charge is 2.25. The number of aliphatic hydroxyl groups is 1. The number of piperazine rings is 1. The molecule has 0 amide bonds. The molecule has 1 aromatic rings. The molecule has 1 fully saturated rings. The number of aryl methyl sites for hydroxylation is 1. The molecule has 1 aromatic carbocycles. The van der Waals surface area contributed by atoms with Crippen molar-refractivity contribution in [2.24, 2.45) is 0 Å². The van der Waals surface area contributed by atoms with Crippen molar-refractivity contribution in [3.63, 3.8) is 0 Å². The van der Waals surface area contributed by atoms with Crippen LogP contribution in [0, 0.1) is 6.92 Å². The fraction of sp³-hybridized carbons (Fsp3) is 0.571. The minimum absolute atomic E-state index is 0.258. The van der Waals surface area contributed by atoms with Crippen LogP contribution < -0.4 is 10.2 Å². The molecule has 3 nitrogen and oxygen atoms in total. The molecule has 1 aliphatic rings. The summed E-state index contributed by atoms with van der Waals surface area (Å²) in [5.74, 6) is 0. The molecule has 2 N–H and O–H groups in total. The van der Waals surface area contributed by atoms with Gasteiger partial charge >= 0.3 is 0 Å². The number of aliphatic hydroxyl groups excluding tert-OH is 1. The number of hydrogen-bond acceptors (Lipinski definition) is 3. The van der Waals surface area contributed by atoms with E-state index in [1.165, 1.54) is 11.3 Å². The highest BCUT2D eigenvalue weighted by Crippen LogP contribution is 2.23. The number of rotatable bonds is 3. The number of nitrogens with one attached hydrogen (secondary N) is 1. The van der Waals surface area contributed by atoms with Crippen molar-refractivity contribution < 1.29 is 5.11 Å². The molecular weight excluding hydrogens is 212 g/mol. The maximum atomic E-state index is 9.04.